The van der Waals surface area contributed by atoms with Crippen molar-refractivity contribution in [1.29, 1.82) is 0 Å². The number of thiocarbonyl (C=S) groups is 1. The van der Waals surface area contributed by atoms with Gasteiger partial charge in [-0.25, -0.2) is 4.98 Å². The molecular weight excluding hydrogens is 258 g/mol. The molecule has 0 saturated carbocycles. The third kappa shape index (κ3) is 3.20. The van der Waals surface area contributed by atoms with Gasteiger partial charge in [0.1, 0.15) is 4.99 Å². The number of pyridine rings is 1. The van der Waals surface area contributed by atoms with Crippen molar-refractivity contribution in [3.63, 3.8) is 0 Å². The molecular formula is C14H15N3OS. The minimum Gasteiger partial charge on any atom is -0.481 e. The minimum absolute atomic E-state index is 0.412. The molecule has 0 amide bonds. The number of methoxy groups -OCH3 is 1. The van der Waals surface area contributed by atoms with Crippen LogP contribution in [0.15, 0.2) is 36.5 Å². The first-order chi connectivity index (χ1) is 9.10. The van der Waals surface area contributed by atoms with E-state index in [0.717, 1.165) is 22.5 Å². The molecule has 1 aromatic carbocycles. The zero-order valence-corrected chi connectivity index (χ0v) is 11.6. The number of ether oxygens (including phenoxy) is 1. The highest BCUT2D eigenvalue weighted by atomic mass is 32.1. The van der Waals surface area contributed by atoms with Gasteiger partial charge in [-0.05, 0) is 36.8 Å². The Bertz CT molecular complexity index is 596. The van der Waals surface area contributed by atoms with Gasteiger partial charge in [-0.2, -0.15) is 0 Å². The largest absolute Gasteiger partial charge is 0.481 e. The fraction of sp³-hybridized carbons (Fsp3) is 0.143. The minimum atomic E-state index is 0.412. The summed E-state index contributed by atoms with van der Waals surface area (Å²) in [6.45, 7) is 1.98. The number of hydrogen-bond donors (Lipinski definition) is 2. The van der Waals surface area contributed by atoms with Crippen molar-refractivity contribution >= 4 is 28.6 Å². The molecule has 1 heterocycles. The number of benzene rings is 1. The summed E-state index contributed by atoms with van der Waals surface area (Å²) in [5, 5.41) is 3.26. The Morgan fingerprint density at radius 3 is 2.53 bits per heavy atom. The van der Waals surface area contributed by atoms with Gasteiger partial charge < -0.3 is 15.8 Å². The maximum absolute atomic E-state index is 5.64. The second-order valence-electron chi connectivity index (χ2n) is 4.11. The van der Waals surface area contributed by atoms with Crippen molar-refractivity contribution in [2.45, 2.75) is 6.92 Å². The van der Waals surface area contributed by atoms with E-state index in [1.54, 1.807) is 19.4 Å². The maximum atomic E-state index is 5.64. The summed E-state index contributed by atoms with van der Waals surface area (Å²) in [5.74, 6) is 0.588. The number of rotatable bonds is 4. The van der Waals surface area contributed by atoms with Crippen LogP contribution in [0.4, 0.5) is 11.4 Å². The lowest BCUT2D eigenvalue weighted by Crippen LogP contribution is -2.11. The van der Waals surface area contributed by atoms with Crippen molar-refractivity contribution in [3.8, 4) is 5.88 Å². The Morgan fingerprint density at radius 2 is 2.00 bits per heavy atom. The van der Waals surface area contributed by atoms with E-state index in [2.05, 4.69) is 10.3 Å². The summed E-state index contributed by atoms with van der Waals surface area (Å²) in [4.78, 5) is 4.55. The monoisotopic (exact) mass is 273 g/mol. The molecule has 0 aliphatic rings. The van der Waals surface area contributed by atoms with Crippen LogP contribution in [0.3, 0.4) is 0 Å². The second-order valence-corrected chi connectivity index (χ2v) is 4.55. The Kier molecular flexibility index (Phi) is 3.97. The molecule has 0 spiro atoms. The van der Waals surface area contributed by atoms with Gasteiger partial charge in [-0.3, -0.25) is 0 Å². The zero-order valence-electron chi connectivity index (χ0n) is 10.8. The number of hydrogen-bond acceptors (Lipinski definition) is 4. The van der Waals surface area contributed by atoms with E-state index < -0.39 is 0 Å². The molecule has 0 bridgehead atoms. The SMILES string of the molecule is COc1ccc(Nc2ccc(C(N)=S)c(C)c2)cn1. The standard InChI is InChI=1S/C14H15N3OS/c1-9-7-10(3-5-12(9)14(15)19)17-11-4-6-13(18-2)16-8-11/h3-8,17H,1-2H3,(H2,15,19). The van der Waals surface area contributed by atoms with Gasteiger partial charge in [0.15, 0.2) is 0 Å². The van der Waals surface area contributed by atoms with Crippen LogP contribution in [0.1, 0.15) is 11.1 Å². The van der Waals surface area contributed by atoms with Gasteiger partial charge in [-0.15, -0.1) is 0 Å². The van der Waals surface area contributed by atoms with E-state index in [-0.39, 0.29) is 0 Å². The lowest BCUT2D eigenvalue weighted by molar-refractivity contribution is 0.398. The molecule has 1 aromatic heterocycles. The maximum Gasteiger partial charge on any atom is 0.213 e. The van der Waals surface area contributed by atoms with E-state index in [1.165, 1.54) is 0 Å². The van der Waals surface area contributed by atoms with Crippen molar-refractivity contribution in [1.82, 2.24) is 4.98 Å². The molecule has 0 radical (unpaired) electrons. The third-order valence-electron chi connectivity index (χ3n) is 2.73. The molecule has 19 heavy (non-hydrogen) atoms. The molecule has 0 aliphatic heterocycles. The van der Waals surface area contributed by atoms with Crippen LogP contribution in [0.25, 0.3) is 0 Å². The fourth-order valence-corrected chi connectivity index (χ4v) is 1.99. The number of nitrogens with zero attached hydrogens (tertiary/aromatic N) is 1. The number of nitrogens with two attached hydrogens (primary N) is 1. The number of anilines is 2. The Hall–Kier alpha value is -2.14. The fourth-order valence-electron chi connectivity index (χ4n) is 1.76. The average molecular weight is 273 g/mol. The van der Waals surface area contributed by atoms with Gasteiger partial charge in [0.05, 0.1) is 19.0 Å². The summed E-state index contributed by atoms with van der Waals surface area (Å²) >= 11 is 4.98. The normalized spacial score (nSPS) is 10.0. The van der Waals surface area contributed by atoms with Crippen LogP contribution >= 0.6 is 12.2 Å². The van der Waals surface area contributed by atoms with Gasteiger partial charge in [0, 0.05) is 17.3 Å². The molecule has 5 heteroatoms. The molecule has 0 saturated heterocycles. The zero-order chi connectivity index (χ0) is 13.8. The number of nitrogens with one attached hydrogen (secondary N) is 1. The van der Waals surface area contributed by atoms with Gasteiger partial charge >= 0.3 is 0 Å². The number of aryl methyl sites for hydroxylation is 1. The average Bonchev–Trinajstić information content (AvgIpc) is 2.39. The molecule has 2 rings (SSSR count). The predicted octanol–water partition coefficient (Wildman–Crippen LogP) is 2.78. The summed E-state index contributed by atoms with van der Waals surface area (Å²) in [5.41, 5.74) is 9.43. The molecule has 0 unspecified atom stereocenters. The molecule has 2 aromatic rings. The summed E-state index contributed by atoms with van der Waals surface area (Å²) < 4.78 is 5.01. The number of aromatic nitrogens is 1. The van der Waals surface area contributed by atoms with E-state index >= 15 is 0 Å². The van der Waals surface area contributed by atoms with Crippen LogP contribution < -0.4 is 15.8 Å². The van der Waals surface area contributed by atoms with Crippen LogP contribution in [0.5, 0.6) is 5.88 Å². The van der Waals surface area contributed by atoms with E-state index in [1.807, 2.05) is 31.2 Å². The van der Waals surface area contributed by atoms with E-state index in [9.17, 15) is 0 Å². The van der Waals surface area contributed by atoms with Crippen molar-refractivity contribution < 1.29 is 4.74 Å². The Balaban J connectivity index is 2.18. The van der Waals surface area contributed by atoms with Gasteiger partial charge in [-0.1, -0.05) is 12.2 Å². The smallest absolute Gasteiger partial charge is 0.213 e. The van der Waals surface area contributed by atoms with E-state index in [0.29, 0.717) is 10.9 Å². The molecule has 3 N–H and O–H groups in total. The third-order valence-corrected chi connectivity index (χ3v) is 2.95. The van der Waals surface area contributed by atoms with Gasteiger partial charge in [0.25, 0.3) is 0 Å². The topological polar surface area (TPSA) is 60.2 Å². The Labute approximate surface area is 117 Å². The summed E-state index contributed by atoms with van der Waals surface area (Å²) in [6.07, 6.45) is 1.72. The van der Waals surface area contributed by atoms with Crippen molar-refractivity contribution in [3.05, 3.63) is 47.7 Å². The second kappa shape index (κ2) is 5.67. The predicted molar refractivity (Wildman–Crippen MR) is 81.1 cm³/mol. The highest BCUT2D eigenvalue weighted by molar-refractivity contribution is 7.80. The summed E-state index contributed by atoms with van der Waals surface area (Å²) in [6, 6.07) is 9.56. The lowest BCUT2D eigenvalue weighted by atomic mass is 10.1. The van der Waals surface area contributed by atoms with Crippen LogP contribution in [-0.4, -0.2) is 17.1 Å². The highest BCUT2D eigenvalue weighted by Gasteiger charge is 2.03. The van der Waals surface area contributed by atoms with Crippen LogP contribution in [0.2, 0.25) is 0 Å². The molecule has 4 nitrogen and oxygen atoms in total. The van der Waals surface area contributed by atoms with Crippen LogP contribution in [0, 0.1) is 6.92 Å². The lowest BCUT2D eigenvalue weighted by Gasteiger charge is -2.10. The van der Waals surface area contributed by atoms with Gasteiger partial charge in [0.2, 0.25) is 5.88 Å². The molecule has 0 aliphatic carbocycles. The Morgan fingerprint density at radius 1 is 1.26 bits per heavy atom. The molecule has 98 valence electrons. The molecule has 0 fully saturated rings. The molecule has 0 atom stereocenters. The quantitative estimate of drug-likeness (QED) is 0.839. The summed E-state index contributed by atoms with van der Waals surface area (Å²) in [7, 11) is 1.59. The van der Waals surface area contributed by atoms with E-state index in [4.69, 9.17) is 22.7 Å². The first-order valence-corrected chi connectivity index (χ1v) is 6.18. The van der Waals surface area contributed by atoms with Crippen molar-refractivity contribution in [2.24, 2.45) is 5.73 Å². The van der Waals surface area contributed by atoms with Crippen molar-refractivity contribution in [2.75, 3.05) is 12.4 Å². The highest BCUT2D eigenvalue weighted by Crippen LogP contribution is 2.20. The van der Waals surface area contributed by atoms with Crippen LogP contribution in [-0.2, 0) is 0 Å². The first kappa shape index (κ1) is 13.3. The first-order valence-electron chi connectivity index (χ1n) is 5.77.